The molecule has 3 fully saturated rings. The fourth-order valence-corrected chi connectivity index (χ4v) is 3.70. The third-order valence-electron chi connectivity index (χ3n) is 4.46. The molecule has 6 unspecified atom stereocenters. The van der Waals surface area contributed by atoms with Crippen molar-refractivity contribution in [3.63, 3.8) is 0 Å². The molecule has 0 N–H and O–H groups in total. The van der Waals surface area contributed by atoms with E-state index in [2.05, 4.69) is 17.4 Å². The van der Waals surface area contributed by atoms with Crippen LogP contribution in [0.4, 0.5) is 0 Å². The van der Waals surface area contributed by atoms with E-state index in [1.165, 1.54) is 0 Å². The second-order valence-electron chi connectivity index (χ2n) is 5.41. The highest BCUT2D eigenvalue weighted by atomic mass is 16.6. The van der Waals surface area contributed by atoms with Crippen molar-refractivity contribution in [2.24, 2.45) is 23.7 Å². The number of rotatable bonds is 4. The lowest BCUT2D eigenvalue weighted by molar-refractivity contribution is -0.168. The first-order valence-electron chi connectivity index (χ1n) is 6.65. The summed E-state index contributed by atoms with van der Waals surface area (Å²) in [5.41, 5.74) is 0. The highest BCUT2D eigenvalue weighted by molar-refractivity contribution is 5.84. The van der Waals surface area contributed by atoms with Gasteiger partial charge in [0.15, 0.2) is 6.61 Å². The van der Waals surface area contributed by atoms with E-state index in [4.69, 9.17) is 9.47 Å². The average Bonchev–Trinajstić information content (AvgIpc) is 3.07. The molecule has 1 heterocycles. The minimum atomic E-state index is -0.723. The van der Waals surface area contributed by atoms with Gasteiger partial charge in [0.1, 0.15) is 12.2 Å². The van der Waals surface area contributed by atoms with Crippen LogP contribution in [0, 0.1) is 35.0 Å². The Morgan fingerprint density at radius 3 is 2.90 bits per heavy atom. The summed E-state index contributed by atoms with van der Waals surface area (Å²) in [6, 6.07) is 2.13. The van der Waals surface area contributed by atoms with Crippen LogP contribution in [0.25, 0.3) is 0 Å². The van der Waals surface area contributed by atoms with E-state index >= 15 is 0 Å². The lowest BCUT2D eigenvalue weighted by Gasteiger charge is -2.27. The fraction of sp³-hybridized carbons (Fsp3) is 0.571. The molecule has 3 aliphatic rings. The summed E-state index contributed by atoms with van der Waals surface area (Å²) in [6.07, 6.45) is 0.484. The lowest BCUT2D eigenvalue weighted by atomic mass is 9.79. The van der Waals surface area contributed by atoms with Crippen LogP contribution in [-0.4, -0.2) is 36.7 Å². The molecule has 1 saturated heterocycles. The quantitative estimate of drug-likeness (QED) is 0.406. The van der Waals surface area contributed by atoms with E-state index in [9.17, 15) is 19.6 Å². The van der Waals surface area contributed by atoms with Gasteiger partial charge in [-0.2, -0.15) is 5.26 Å². The van der Waals surface area contributed by atoms with E-state index in [1.54, 1.807) is 0 Å². The molecule has 0 aromatic carbocycles. The Morgan fingerprint density at radius 2 is 2.24 bits per heavy atom. The molecule has 6 atom stereocenters. The predicted molar refractivity (Wildman–Crippen MR) is 65.1 cm³/mol. The maximum absolute atomic E-state index is 11.8. The zero-order valence-electron chi connectivity index (χ0n) is 11.1. The monoisotopic (exact) mass is 291 g/mol. The molecule has 21 heavy (non-hydrogen) atoms. The summed E-state index contributed by atoms with van der Waals surface area (Å²) in [4.78, 5) is 34.3. The molecule has 0 aromatic heterocycles. The van der Waals surface area contributed by atoms with Crippen molar-refractivity contribution < 1.29 is 28.6 Å². The summed E-state index contributed by atoms with van der Waals surface area (Å²) >= 11 is 0. The number of esters is 3. The van der Waals surface area contributed by atoms with Gasteiger partial charge in [-0.25, -0.2) is 9.59 Å². The van der Waals surface area contributed by atoms with Crippen LogP contribution >= 0.6 is 0 Å². The van der Waals surface area contributed by atoms with Crippen molar-refractivity contribution in [3.8, 4) is 6.07 Å². The third kappa shape index (κ3) is 1.98. The second-order valence-corrected chi connectivity index (χ2v) is 5.41. The Hall–Kier alpha value is -2.36. The number of hydrogen-bond donors (Lipinski definition) is 0. The summed E-state index contributed by atoms with van der Waals surface area (Å²) < 4.78 is 15.1. The number of carbonyl (C=O) groups is 3. The molecule has 2 saturated carbocycles. The standard InChI is InChI=1S/C14H13NO6/c1-2-9(16)19-5-10(17)20-12-6-3-7-11(8(6)4-15)14(18)21-13(7)12/h2,6-8,11-13H,1,3,5H2. The number of hydrogen-bond acceptors (Lipinski definition) is 7. The molecule has 2 aliphatic carbocycles. The van der Waals surface area contributed by atoms with Gasteiger partial charge in [-0.1, -0.05) is 6.58 Å². The summed E-state index contributed by atoms with van der Waals surface area (Å²) in [5.74, 6) is -2.94. The SMILES string of the molecule is C=CC(=O)OCC(=O)OC1C2CC3C1OC(=O)C3C2C#N. The Kier molecular flexibility index (Phi) is 3.16. The molecule has 0 amide bonds. The molecule has 3 rings (SSSR count). The van der Waals surface area contributed by atoms with Gasteiger partial charge in [0.25, 0.3) is 0 Å². The molecule has 1 aliphatic heterocycles. The largest absolute Gasteiger partial charge is 0.458 e. The summed E-state index contributed by atoms with van der Waals surface area (Å²) in [6.45, 7) is 2.69. The number of nitriles is 1. The fourth-order valence-electron chi connectivity index (χ4n) is 3.70. The Bertz CT molecular complexity index is 564. The van der Waals surface area contributed by atoms with Gasteiger partial charge < -0.3 is 14.2 Å². The zero-order valence-corrected chi connectivity index (χ0v) is 11.1. The number of fused-ring (bicyclic) bond motifs is 1. The first kappa shape index (κ1) is 13.6. The first-order valence-corrected chi connectivity index (χ1v) is 6.65. The second kappa shape index (κ2) is 4.88. The van der Waals surface area contributed by atoms with Crippen LogP contribution in [0.1, 0.15) is 6.42 Å². The van der Waals surface area contributed by atoms with Crippen LogP contribution in [-0.2, 0) is 28.6 Å². The molecular formula is C14H13NO6. The molecule has 7 nitrogen and oxygen atoms in total. The van der Waals surface area contributed by atoms with Gasteiger partial charge >= 0.3 is 17.9 Å². The van der Waals surface area contributed by atoms with Gasteiger partial charge in [0.2, 0.25) is 0 Å². The van der Waals surface area contributed by atoms with E-state index in [0.717, 1.165) is 6.08 Å². The molecule has 7 heteroatoms. The van der Waals surface area contributed by atoms with Crippen molar-refractivity contribution in [2.45, 2.75) is 18.6 Å². The third-order valence-corrected chi connectivity index (χ3v) is 4.46. The molecular weight excluding hydrogens is 278 g/mol. The zero-order chi connectivity index (χ0) is 15.1. The molecule has 110 valence electrons. The number of nitrogens with zero attached hydrogens (tertiary/aromatic N) is 1. The maximum Gasteiger partial charge on any atom is 0.344 e. The number of ether oxygens (including phenoxy) is 3. The van der Waals surface area contributed by atoms with Crippen molar-refractivity contribution in [3.05, 3.63) is 12.7 Å². The topological polar surface area (TPSA) is 103 Å². The van der Waals surface area contributed by atoms with Crippen LogP contribution in [0.3, 0.4) is 0 Å². The van der Waals surface area contributed by atoms with Crippen molar-refractivity contribution in [1.29, 1.82) is 5.26 Å². The first-order chi connectivity index (χ1) is 10.1. The minimum Gasteiger partial charge on any atom is -0.458 e. The van der Waals surface area contributed by atoms with Gasteiger partial charge in [-0.3, -0.25) is 4.79 Å². The number of carbonyl (C=O) groups excluding carboxylic acids is 3. The van der Waals surface area contributed by atoms with E-state index < -0.39 is 42.6 Å². The van der Waals surface area contributed by atoms with E-state index in [-0.39, 0.29) is 17.8 Å². The van der Waals surface area contributed by atoms with E-state index in [0.29, 0.717) is 6.42 Å². The van der Waals surface area contributed by atoms with Crippen molar-refractivity contribution in [1.82, 2.24) is 0 Å². The normalized spacial score (nSPS) is 38.5. The molecule has 2 bridgehead atoms. The van der Waals surface area contributed by atoms with Gasteiger partial charge in [-0.15, -0.1) is 0 Å². The van der Waals surface area contributed by atoms with Crippen LogP contribution in [0.2, 0.25) is 0 Å². The van der Waals surface area contributed by atoms with Crippen LogP contribution < -0.4 is 0 Å². The van der Waals surface area contributed by atoms with Gasteiger partial charge in [0, 0.05) is 17.9 Å². The van der Waals surface area contributed by atoms with Gasteiger partial charge in [-0.05, 0) is 6.42 Å². The highest BCUT2D eigenvalue weighted by Crippen LogP contribution is 2.58. The molecule has 0 spiro atoms. The Morgan fingerprint density at radius 1 is 1.48 bits per heavy atom. The Balaban J connectivity index is 1.66. The van der Waals surface area contributed by atoms with E-state index in [1.807, 2.05) is 0 Å². The van der Waals surface area contributed by atoms with Crippen molar-refractivity contribution in [2.75, 3.05) is 6.61 Å². The summed E-state index contributed by atoms with van der Waals surface area (Å²) in [7, 11) is 0. The molecule has 0 aromatic rings. The predicted octanol–water partition coefficient (Wildman–Crippen LogP) is -0.0415. The average molecular weight is 291 g/mol. The molecule has 0 radical (unpaired) electrons. The Labute approximate surface area is 120 Å². The van der Waals surface area contributed by atoms with Crippen LogP contribution in [0.15, 0.2) is 12.7 Å². The summed E-state index contributed by atoms with van der Waals surface area (Å²) in [5, 5.41) is 9.21. The smallest absolute Gasteiger partial charge is 0.344 e. The maximum atomic E-state index is 11.8. The lowest BCUT2D eigenvalue weighted by Crippen LogP contribution is -2.40. The minimum absolute atomic E-state index is 0.0549. The van der Waals surface area contributed by atoms with Gasteiger partial charge in [0.05, 0.1) is 17.9 Å². The van der Waals surface area contributed by atoms with Crippen molar-refractivity contribution >= 4 is 17.9 Å². The highest BCUT2D eigenvalue weighted by Gasteiger charge is 2.68. The van der Waals surface area contributed by atoms with Crippen LogP contribution in [0.5, 0.6) is 0 Å².